The zero-order valence-electron chi connectivity index (χ0n) is 17.1. The second-order valence-electron chi connectivity index (χ2n) is 6.87. The predicted octanol–water partition coefficient (Wildman–Crippen LogP) is 3.75. The molecule has 3 rings (SSSR count). The first-order valence-corrected chi connectivity index (χ1v) is 10.7. The molecule has 164 valence electrons. The number of hydrazine groups is 1. The van der Waals surface area contributed by atoms with Crippen LogP contribution >= 0.6 is 15.9 Å². The first kappa shape index (κ1) is 23.0. The Hall–Kier alpha value is -3.65. The summed E-state index contributed by atoms with van der Waals surface area (Å²) in [6.07, 6.45) is -0.514. The molecule has 0 aliphatic heterocycles. The Kier molecular flexibility index (Phi) is 8.39. The lowest BCUT2D eigenvalue weighted by atomic mass is 10.1. The fourth-order valence-electron chi connectivity index (χ4n) is 2.88. The van der Waals surface area contributed by atoms with E-state index in [2.05, 4.69) is 32.1 Å². The van der Waals surface area contributed by atoms with Crippen molar-refractivity contribution in [3.8, 4) is 0 Å². The molecule has 0 fully saturated rings. The highest BCUT2D eigenvalue weighted by atomic mass is 79.9. The molecule has 7 nitrogen and oxygen atoms in total. The van der Waals surface area contributed by atoms with E-state index in [1.54, 1.807) is 24.3 Å². The topological polar surface area (TPSA) is 96.5 Å². The molecule has 0 saturated heterocycles. The van der Waals surface area contributed by atoms with Crippen LogP contribution in [0.2, 0.25) is 0 Å². The summed E-state index contributed by atoms with van der Waals surface area (Å²) in [5.74, 6) is -1.07. The lowest BCUT2D eigenvalue weighted by molar-refractivity contribution is -0.123. The second kappa shape index (κ2) is 11.7. The molecule has 32 heavy (non-hydrogen) atoms. The molecule has 0 spiro atoms. The Morgan fingerprint density at radius 2 is 1.38 bits per heavy atom. The lowest BCUT2D eigenvalue weighted by Crippen LogP contribution is -2.53. The number of nitrogens with one attached hydrogen (secondary N) is 3. The monoisotopic (exact) mass is 495 g/mol. The van der Waals surface area contributed by atoms with Crippen LogP contribution in [-0.2, 0) is 22.6 Å². The minimum Gasteiger partial charge on any atom is -0.445 e. The Labute approximate surface area is 194 Å². The molecule has 1 atom stereocenters. The summed E-state index contributed by atoms with van der Waals surface area (Å²) in [6.45, 7) is 0.0745. The van der Waals surface area contributed by atoms with E-state index in [0.29, 0.717) is 10.0 Å². The third-order valence-electron chi connectivity index (χ3n) is 4.52. The van der Waals surface area contributed by atoms with Gasteiger partial charge in [-0.3, -0.25) is 20.4 Å². The van der Waals surface area contributed by atoms with Crippen LogP contribution < -0.4 is 16.2 Å². The Bertz CT molecular complexity index is 1060. The summed E-state index contributed by atoms with van der Waals surface area (Å²) in [6, 6.07) is 24.3. The normalized spacial score (nSPS) is 11.2. The molecular formula is C24H22BrN3O4. The second-order valence-corrected chi connectivity index (χ2v) is 7.73. The van der Waals surface area contributed by atoms with Gasteiger partial charge >= 0.3 is 6.09 Å². The smallest absolute Gasteiger partial charge is 0.408 e. The van der Waals surface area contributed by atoms with E-state index < -0.39 is 23.9 Å². The van der Waals surface area contributed by atoms with Crippen molar-refractivity contribution in [1.82, 2.24) is 16.2 Å². The summed E-state index contributed by atoms with van der Waals surface area (Å²) >= 11 is 3.30. The zero-order valence-corrected chi connectivity index (χ0v) is 18.7. The van der Waals surface area contributed by atoms with Crippen molar-refractivity contribution in [2.45, 2.75) is 19.1 Å². The number of rotatable bonds is 7. The largest absolute Gasteiger partial charge is 0.445 e. The van der Waals surface area contributed by atoms with Gasteiger partial charge in [-0.05, 0) is 39.2 Å². The van der Waals surface area contributed by atoms with E-state index in [4.69, 9.17) is 4.74 Å². The minimum absolute atomic E-state index is 0.0745. The number of hydrogen-bond donors (Lipinski definition) is 3. The van der Waals surface area contributed by atoms with Crippen LogP contribution in [0.1, 0.15) is 21.5 Å². The number of hydrogen-bond acceptors (Lipinski definition) is 4. The van der Waals surface area contributed by atoms with Crippen molar-refractivity contribution in [1.29, 1.82) is 0 Å². The van der Waals surface area contributed by atoms with Gasteiger partial charge in [0.05, 0.1) is 5.56 Å². The molecule has 3 aromatic carbocycles. The Morgan fingerprint density at radius 1 is 0.781 bits per heavy atom. The van der Waals surface area contributed by atoms with Gasteiger partial charge in [-0.1, -0.05) is 72.8 Å². The van der Waals surface area contributed by atoms with Gasteiger partial charge in [-0.25, -0.2) is 4.79 Å². The van der Waals surface area contributed by atoms with Gasteiger partial charge < -0.3 is 10.1 Å². The average molecular weight is 496 g/mol. The van der Waals surface area contributed by atoms with Gasteiger partial charge in [-0.2, -0.15) is 0 Å². The molecule has 0 saturated carbocycles. The molecule has 3 N–H and O–H groups in total. The van der Waals surface area contributed by atoms with Gasteiger partial charge in [0.2, 0.25) is 0 Å². The average Bonchev–Trinajstić information content (AvgIpc) is 2.82. The third-order valence-corrected chi connectivity index (χ3v) is 5.21. The van der Waals surface area contributed by atoms with Crippen molar-refractivity contribution in [3.05, 3.63) is 106 Å². The SMILES string of the molecule is O=C(N[C@@H](Cc1ccccc1)C(=O)NNC(=O)c1ccccc1Br)OCc1ccccc1. The molecule has 0 unspecified atom stereocenters. The van der Waals surface area contributed by atoms with Crippen LogP contribution in [0.4, 0.5) is 4.79 Å². The van der Waals surface area contributed by atoms with Gasteiger partial charge in [0.1, 0.15) is 12.6 Å². The zero-order chi connectivity index (χ0) is 22.8. The maximum atomic E-state index is 12.8. The van der Waals surface area contributed by atoms with Crippen molar-refractivity contribution >= 4 is 33.8 Å². The van der Waals surface area contributed by atoms with Gasteiger partial charge in [-0.15, -0.1) is 0 Å². The van der Waals surface area contributed by atoms with Crippen LogP contribution in [-0.4, -0.2) is 23.9 Å². The number of ether oxygens (including phenoxy) is 1. The highest BCUT2D eigenvalue weighted by Gasteiger charge is 2.23. The number of alkyl carbamates (subject to hydrolysis) is 1. The molecule has 0 aliphatic carbocycles. The Balaban J connectivity index is 1.62. The van der Waals surface area contributed by atoms with E-state index in [1.165, 1.54) is 0 Å². The fourth-order valence-corrected chi connectivity index (χ4v) is 3.35. The van der Waals surface area contributed by atoms with Crippen LogP contribution in [0, 0.1) is 0 Å². The molecule has 3 amide bonds. The summed E-state index contributed by atoms with van der Waals surface area (Å²) in [5.41, 5.74) is 6.79. The fraction of sp³-hybridized carbons (Fsp3) is 0.125. The summed E-state index contributed by atoms with van der Waals surface area (Å²) in [5, 5.41) is 2.58. The number of amides is 3. The van der Waals surface area contributed by atoms with Crippen molar-refractivity contribution in [3.63, 3.8) is 0 Å². The lowest BCUT2D eigenvalue weighted by Gasteiger charge is -2.19. The number of carbonyl (C=O) groups excluding carboxylic acids is 3. The summed E-state index contributed by atoms with van der Waals surface area (Å²) in [4.78, 5) is 37.5. The molecule has 3 aromatic rings. The van der Waals surface area contributed by atoms with E-state index in [-0.39, 0.29) is 13.0 Å². The molecule has 8 heteroatoms. The van der Waals surface area contributed by atoms with Crippen LogP contribution in [0.3, 0.4) is 0 Å². The van der Waals surface area contributed by atoms with Gasteiger partial charge in [0.25, 0.3) is 11.8 Å². The molecule has 0 bridgehead atoms. The minimum atomic E-state index is -0.958. The number of halogens is 1. The maximum Gasteiger partial charge on any atom is 0.408 e. The van der Waals surface area contributed by atoms with Crippen molar-refractivity contribution in [2.75, 3.05) is 0 Å². The molecule has 0 radical (unpaired) electrons. The molecule has 0 aromatic heterocycles. The van der Waals surface area contributed by atoms with E-state index in [1.807, 2.05) is 60.7 Å². The standard InChI is InChI=1S/C24H22BrN3O4/c25-20-14-8-7-13-19(20)22(29)27-28-23(30)21(15-17-9-3-1-4-10-17)26-24(31)32-16-18-11-5-2-6-12-18/h1-14,21H,15-16H2,(H,26,31)(H,27,29)(H,28,30)/t21-/m0/s1. The summed E-state index contributed by atoms with van der Waals surface area (Å²) < 4.78 is 5.83. The van der Waals surface area contributed by atoms with Crippen LogP contribution in [0.5, 0.6) is 0 Å². The van der Waals surface area contributed by atoms with Crippen molar-refractivity contribution < 1.29 is 19.1 Å². The van der Waals surface area contributed by atoms with Gasteiger partial charge in [0, 0.05) is 10.9 Å². The van der Waals surface area contributed by atoms with E-state index in [0.717, 1.165) is 11.1 Å². The predicted molar refractivity (Wildman–Crippen MR) is 123 cm³/mol. The number of benzene rings is 3. The Morgan fingerprint density at radius 3 is 2.03 bits per heavy atom. The maximum absolute atomic E-state index is 12.8. The highest BCUT2D eigenvalue weighted by Crippen LogP contribution is 2.15. The molecule has 0 aliphatic rings. The van der Waals surface area contributed by atoms with E-state index in [9.17, 15) is 14.4 Å². The third kappa shape index (κ3) is 6.95. The highest BCUT2D eigenvalue weighted by molar-refractivity contribution is 9.10. The van der Waals surface area contributed by atoms with Crippen molar-refractivity contribution in [2.24, 2.45) is 0 Å². The van der Waals surface area contributed by atoms with Gasteiger partial charge in [0.15, 0.2) is 0 Å². The number of carbonyl (C=O) groups is 3. The molecular weight excluding hydrogens is 474 g/mol. The summed E-state index contributed by atoms with van der Waals surface area (Å²) in [7, 11) is 0. The quantitative estimate of drug-likeness (QED) is 0.435. The van der Waals surface area contributed by atoms with E-state index >= 15 is 0 Å². The first-order valence-electron chi connectivity index (χ1n) is 9.89. The van der Waals surface area contributed by atoms with Crippen LogP contribution in [0.25, 0.3) is 0 Å². The van der Waals surface area contributed by atoms with Crippen LogP contribution in [0.15, 0.2) is 89.4 Å². The first-order chi connectivity index (χ1) is 15.5. The molecule has 0 heterocycles.